The number of halogens is 3. The third-order valence-corrected chi connectivity index (χ3v) is 4.30. The Balaban J connectivity index is 1.96. The largest absolute Gasteiger partial charge is 0.472 e. The number of sulfonamides is 1. The van der Waals surface area contributed by atoms with Crippen LogP contribution in [0.15, 0.2) is 45.5 Å². The zero-order valence-electron chi connectivity index (χ0n) is 12.8. The van der Waals surface area contributed by atoms with Crippen LogP contribution in [0, 0.1) is 12.3 Å². The van der Waals surface area contributed by atoms with Crippen LogP contribution in [-0.4, -0.2) is 30.5 Å². The van der Waals surface area contributed by atoms with Gasteiger partial charge in [-0.2, -0.15) is 18.3 Å². The normalized spacial score (nSPS) is 15.5. The molecule has 0 atom stereocenters. The molecule has 8 nitrogen and oxygen atoms in total. The molecule has 0 unspecified atom stereocenters. The molecule has 0 saturated carbocycles. The van der Waals surface area contributed by atoms with Crippen LogP contribution < -0.4 is 9.88 Å². The van der Waals surface area contributed by atoms with Gasteiger partial charge in [0.05, 0.1) is 10.6 Å². The number of aromatic nitrogens is 2. The summed E-state index contributed by atoms with van der Waals surface area (Å²) in [5, 5.41) is 15.6. The van der Waals surface area contributed by atoms with E-state index in [0.29, 0.717) is 6.07 Å². The number of hydrogen-bond acceptors (Lipinski definition) is 6. The molecule has 0 bridgehead atoms. The summed E-state index contributed by atoms with van der Waals surface area (Å²) in [5.41, 5.74) is -2.27. The van der Waals surface area contributed by atoms with Crippen molar-refractivity contribution in [3.05, 3.63) is 36.0 Å². The van der Waals surface area contributed by atoms with Crippen LogP contribution >= 0.6 is 0 Å². The van der Waals surface area contributed by atoms with E-state index in [9.17, 15) is 21.6 Å². The summed E-state index contributed by atoms with van der Waals surface area (Å²) in [7, 11) is -3.94. The van der Waals surface area contributed by atoms with Crippen LogP contribution in [0.3, 0.4) is 0 Å². The van der Waals surface area contributed by atoms with Gasteiger partial charge in [0, 0.05) is 6.07 Å². The second-order valence-corrected chi connectivity index (χ2v) is 6.83. The number of nitrogens with two attached hydrogens (primary N) is 1. The van der Waals surface area contributed by atoms with Gasteiger partial charge in [0.2, 0.25) is 15.9 Å². The van der Waals surface area contributed by atoms with Gasteiger partial charge >= 0.3 is 6.18 Å². The molecular weight excluding hydrogens is 375 g/mol. The maximum atomic E-state index is 13.0. The van der Waals surface area contributed by atoms with Crippen LogP contribution in [0.4, 0.5) is 13.2 Å². The van der Waals surface area contributed by atoms with Crippen molar-refractivity contribution >= 4 is 10.0 Å². The molecule has 0 radical (unpaired) electrons. The lowest BCUT2D eigenvalue weighted by Crippen LogP contribution is -2.20. The first-order valence-corrected chi connectivity index (χ1v) is 8.44. The Labute approximate surface area is 145 Å². The number of benzene rings is 1. The van der Waals surface area contributed by atoms with Crippen molar-refractivity contribution in [2.24, 2.45) is 15.4 Å². The van der Waals surface area contributed by atoms with Crippen LogP contribution in [0.1, 0.15) is 5.69 Å². The number of nitrogens with zero attached hydrogens (tertiary/aromatic N) is 4. The summed E-state index contributed by atoms with van der Waals surface area (Å²) in [4.78, 5) is -0.200. The van der Waals surface area contributed by atoms with E-state index in [1.54, 1.807) is 0 Å². The van der Waals surface area contributed by atoms with E-state index in [1.165, 1.54) is 12.1 Å². The second-order valence-electron chi connectivity index (χ2n) is 5.27. The van der Waals surface area contributed by atoms with Crippen LogP contribution in [0.5, 0.6) is 5.88 Å². The maximum absolute atomic E-state index is 13.0. The summed E-state index contributed by atoms with van der Waals surface area (Å²) < 4.78 is 67.7. The van der Waals surface area contributed by atoms with Crippen LogP contribution in [0.25, 0.3) is 5.69 Å². The molecule has 2 heterocycles. The highest BCUT2D eigenvalue weighted by molar-refractivity contribution is 7.89. The van der Waals surface area contributed by atoms with Gasteiger partial charge < -0.3 is 4.74 Å². The first-order chi connectivity index (χ1) is 12.0. The standard InChI is InChI=1S/C14H10F3N5O3S/c1-2-13(20-21-13)8-25-12-7-11(14(15,16)17)19-22(12)9-3-5-10(6-4-9)26(18,23)24/h1,3-7H,8H2,(H2,18,23,24). The Morgan fingerprint density at radius 1 is 1.27 bits per heavy atom. The molecule has 0 spiro atoms. The minimum Gasteiger partial charge on any atom is -0.472 e. The fraction of sp³-hybridized carbons (Fsp3) is 0.214. The fourth-order valence-corrected chi connectivity index (χ4v) is 2.47. The third-order valence-electron chi connectivity index (χ3n) is 3.37. The Kier molecular flexibility index (Phi) is 4.01. The number of hydrogen-bond donors (Lipinski definition) is 1. The van der Waals surface area contributed by atoms with Crippen molar-refractivity contribution in [1.29, 1.82) is 0 Å². The van der Waals surface area contributed by atoms with Crippen LogP contribution in [0.2, 0.25) is 0 Å². The number of primary sulfonamides is 1. The molecule has 1 aliphatic heterocycles. The summed E-state index contributed by atoms with van der Waals surface area (Å²) in [6.07, 6.45) is 0.519. The van der Waals surface area contributed by atoms with Crippen molar-refractivity contribution in [1.82, 2.24) is 9.78 Å². The Morgan fingerprint density at radius 2 is 1.88 bits per heavy atom. The summed E-state index contributed by atoms with van der Waals surface area (Å²) in [5.74, 6) is 2.00. The lowest BCUT2D eigenvalue weighted by Gasteiger charge is -2.10. The first-order valence-electron chi connectivity index (χ1n) is 6.89. The fourth-order valence-electron chi connectivity index (χ4n) is 1.96. The Hall–Kier alpha value is -2.91. The molecule has 1 aromatic heterocycles. The van der Waals surface area contributed by atoms with E-state index >= 15 is 0 Å². The van der Waals surface area contributed by atoms with Gasteiger partial charge in [-0.1, -0.05) is 0 Å². The van der Waals surface area contributed by atoms with Crippen molar-refractivity contribution in [2.75, 3.05) is 6.61 Å². The zero-order chi connectivity index (χ0) is 19.2. The van der Waals surface area contributed by atoms with E-state index in [0.717, 1.165) is 16.8 Å². The maximum Gasteiger partial charge on any atom is 0.435 e. The van der Waals surface area contributed by atoms with Gasteiger partial charge in [0.1, 0.15) is 0 Å². The minimum atomic E-state index is -4.71. The minimum absolute atomic E-state index is 0.127. The van der Waals surface area contributed by atoms with Crippen molar-refractivity contribution in [3.63, 3.8) is 0 Å². The topological polar surface area (TPSA) is 112 Å². The molecule has 1 aromatic carbocycles. The summed E-state index contributed by atoms with van der Waals surface area (Å²) in [6.45, 7) is -0.262. The van der Waals surface area contributed by atoms with E-state index in [-0.39, 0.29) is 23.1 Å². The Morgan fingerprint density at radius 3 is 2.35 bits per heavy atom. The predicted molar refractivity (Wildman–Crippen MR) is 81.9 cm³/mol. The molecule has 0 saturated heterocycles. The van der Waals surface area contributed by atoms with Gasteiger partial charge in [0.15, 0.2) is 12.3 Å². The predicted octanol–water partition coefficient (Wildman–Crippen LogP) is 1.71. The smallest absolute Gasteiger partial charge is 0.435 e. The number of alkyl halides is 3. The second kappa shape index (κ2) is 5.82. The highest BCUT2D eigenvalue weighted by Crippen LogP contribution is 2.34. The molecule has 136 valence electrons. The van der Waals surface area contributed by atoms with Crippen LogP contribution in [-0.2, 0) is 16.2 Å². The quantitative estimate of drug-likeness (QED) is 0.790. The average molecular weight is 385 g/mol. The molecule has 2 N–H and O–H groups in total. The van der Waals surface area contributed by atoms with E-state index in [2.05, 4.69) is 21.2 Å². The molecule has 0 amide bonds. The highest BCUT2D eigenvalue weighted by Gasteiger charge is 2.40. The van der Waals surface area contributed by atoms with Gasteiger partial charge in [0.25, 0.3) is 5.66 Å². The highest BCUT2D eigenvalue weighted by atomic mass is 32.2. The van der Waals surface area contributed by atoms with Crippen molar-refractivity contribution in [2.45, 2.75) is 16.7 Å². The third kappa shape index (κ3) is 3.53. The molecule has 12 heteroatoms. The monoisotopic (exact) mass is 385 g/mol. The molecule has 26 heavy (non-hydrogen) atoms. The van der Waals surface area contributed by atoms with Gasteiger partial charge in [-0.25, -0.2) is 18.2 Å². The van der Waals surface area contributed by atoms with Crippen molar-refractivity contribution < 1.29 is 26.3 Å². The van der Waals surface area contributed by atoms with E-state index in [1.807, 2.05) is 0 Å². The molecule has 0 aliphatic carbocycles. The number of rotatable bonds is 5. The van der Waals surface area contributed by atoms with Gasteiger partial charge in [-0.15, -0.1) is 16.7 Å². The molecule has 0 fully saturated rings. The van der Waals surface area contributed by atoms with Crippen molar-refractivity contribution in [3.8, 4) is 23.9 Å². The Bertz CT molecular complexity index is 1010. The summed E-state index contributed by atoms with van der Waals surface area (Å²) >= 11 is 0. The average Bonchev–Trinajstić information content (AvgIpc) is 3.21. The molecule has 1 aliphatic rings. The number of ether oxygens (including phenoxy) is 1. The first kappa shape index (κ1) is 17.9. The van der Waals surface area contributed by atoms with E-state index < -0.39 is 27.6 Å². The lowest BCUT2D eigenvalue weighted by molar-refractivity contribution is -0.141. The molecule has 3 rings (SSSR count). The molecular formula is C14H10F3N5O3S. The number of terminal acetylenes is 1. The summed E-state index contributed by atoms with van der Waals surface area (Å²) in [6, 6.07) is 5.45. The van der Waals surface area contributed by atoms with E-state index in [4.69, 9.17) is 16.3 Å². The zero-order valence-corrected chi connectivity index (χ0v) is 13.6. The molecule has 2 aromatic rings. The lowest BCUT2D eigenvalue weighted by atomic mass is 10.3. The van der Waals surface area contributed by atoms with Gasteiger partial charge in [-0.05, 0) is 30.2 Å². The van der Waals surface area contributed by atoms with Gasteiger partial charge in [-0.3, -0.25) is 0 Å². The SMILES string of the molecule is C#CC1(COc2cc(C(F)(F)F)nn2-c2ccc(S(N)(=O)=O)cc2)N=N1.